The smallest absolute Gasteiger partial charge is 2.00 e. The molecule has 7 heteroatoms. The molecule has 0 aromatic carbocycles. The quantitative estimate of drug-likeness (QED) is 0.279. The van der Waals surface area contributed by atoms with Crippen LogP contribution >= 0.6 is 0 Å². The molecule has 0 aromatic heterocycles. The summed E-state index contributed by atoms with van der Waals surface area (Å²) >= 11 is 0. The second-order valence-electron chi connectivity index (χ2n) is 0. The van der Waals surface area contributed by atoms with Gasteiger partial charge >= 0.3 is 52.4 Å². The summed E-state index contributed by atoms with van der Waals surface area (Å²) in [4.78, 5) is 0. The van der Waals surface area contributed by atoms with E-state index in [0.717, 1.165) is 0 Å². The topological polar surface area (TPSA) is 85.5 Å². The molecule has 0 unspecified atom stereocenters. The Bertz CT molecular complexity index is 10.9. The van der Waals surface area contributed by atoms with Gasteiger partial charge in [-0.05, 0) is 0 Å². The molecule has 0 bridgehead atoms. The van der Waals surface area contributed by atoms with Gasteiger partial charge in [0.1, 0.15) is 0 Å². The molecule has 0 aliphatic carbocycles. The van der Waals surface area contributed by atoms with Gasteiger partial charge in [0, 0.05) is 74.6 Å². The van der Waals surface area contributed by atoms with E-state index in [0.29, 0.717) is 0 Å². The average Bonchev–Trinajstić information content (AvgIpc) is 0. The summed E-state index contributed by atoms with van der Waals surface area (Å²) in [5.41, 5.74) is 0. The first-order valence-corrected chi connectivity index (χ1v) is 0. The van der Waals surface area contributed by atoms with Crippen LogP contribution < -0.4 is 0 Å². The normalized spacial score (nSPS) is 0. The molecule has 0 amide bonds. The van der Waals surface area contributed by atoms with Crippen LogP contribution in [0.2, 0.25) is 0 Å². The standard InChI is InChI=1S/2Bi.2Er.3O/q2*+3;;;3*-2. The minimum Gasteiger partial charge on any atom is -2.00 e. The molecule has 4 radical (unpaired) electrons. The van der Waals surface area contributed by atoms with Crippen LogP contribution in [0.15, 0.2) is 0 Å². The van der Waals surface area contributed by atoms with E-state index in [1.165, 1.54) is 0 Å². The van der Waals surface area contributed by atoms with Gasteiger partial charge in [-0.3, -0.25) is 0 Å². The fourth-order valence-electron chi connectivity index (χ4n) is 0. The maximum atomic E-state index is 0. The molecule has 0 rings (SSSR count). The zero-order valence-corrected chi connectivity index (χ0v) is 13.4. The zero-order chi connectivity index (χ0) is 0. The Kier molecular flexibility index (Phi) is 472. The van der Waals surface area contributed by atoms with Crippen LogP contribution in [-0.2, 0) is 16.4 Å². The van der Waals surface area contributed by atoms with Crippen molar-refractivity contribution in [2.75, 3.05) is 0 Å². The molecule has 3 nitrogen and oxygen atoms in total. The molecule has 0 saturated heterocycles. The average molecular weight is 800 g/mol. The number of rotatable bonds is 0. The van der Waals surface area contributed by atoms with Crippen LogP contribution in [0.5, 0.6) is 0 Å². The fraction of sp³-hybridized carbons (Fsp3) is 0. The van der Waals surface area contributed by atoms with E-state index in [1.807, 2.05) is 0 Å². The first-order valence-electron chi connectivity index (χ1n) is 0. The van der Waals surface area contributed by atoms with E-state index in [1.54, 1.807) is 0 Å². The predicted octanol–water partition coefficient (Wildman–Crippen LogP) is -1.12. The molecule has 0 heterocycles. The molecule has 0 spiro atoms. The number of hydrogen-bond acceptors (Lipinski definition) is 0. The molecule has 0 fully saturated rings. The van der Waals surface area contributed by atoms with E-state index in [4.69, 9.17) is 0 Å². The molecule has 7 heavy (non-hydrogen) atoms. The largest absolute Gasteiger partial charge is 3.00 e. The summed E-state index contributed by atoms with van der Waals surface area (Å²) in [6.45, 7) is 0. The predicted molar refractivity (Wildman–Crippen MR) is 13.6 cm³/mol. The third-order valence-corrected chi connectivity index (χ3v) is 0. The summed E-state index contributed by atoms with van der Waals surface area (Å²) in [5.74, 6) is 0. The second kappa shape index (κ2) is 49.4. The van der Waals surface area contributed by atoms with Crippen LogP contribution in [0.3, 0.4) is 0 Å². The van der Waals surface area contributed by atoms with Crippen LogP contribution in [0.25, 0.3) is 0 Å². The molecule has 0 aliphatic rings. The van der Waals surface area contributed by atoms with E-state index in [-0.39, 0.29) is 143 Å². The summed E-state index contributed by atoms with van der Waals surface area (Å²) in [7, 11) is 0. The Morgan fingerprint density at radius 2 is 0.429 bits per heavy atom. The maximum Gasteiger partial charge on any atom is 3.00 e. The Balaban J connectivity index is 0. The van der Waals surface area contributed by atoms with E-state index >= 15 is 0 Å². The third-order valence-electron chi connectivity index (χ3n) is 0. The minimum atomic E-state index is 0. The molecule has 0 aliphatic heterocycles. The van der Waals surface area contributed by atoms with Gasteiger partial charge in [0.05, 0.1) is 0 Å². The van der Waals surface area contributed by atoms with Crippen molar-refractivity contribution in [2.24, 2.45) is 0 Å². The summed E-state index contributed by atoms with van der Waals surface area (Å²) in [5, 5.41) is 0. The van der Waals surface area contributed by atoms with Gasteiger partial charge < -0.3 is 16.4 Å². The van der Waals surface area contributed by atoms with E-state index < -0.39 is 0 Å². The monoisotopic (exact) mass is 798 g/mol. The Labute approximate surface area is 140 Å². The van der Waals surface area contributed by atoms with Gasteiger partial charge in [-0.15, -0.1) is 0 Å². The van der Waals surface area contributed by atoms with Gasteiger partial charge in [-0.1, -0.05) is 0 Å². The molecular formula is Bi2Er2O3. The van der Waals surface area contributed by atoms with Crippen LogP contribution in [-0.4, -0.2) is 52.4 Å². The molecule has 0 aromatic rings. The van der Waals surface area contributed by atoms with Gasteiger partial charge in [-0.25, -0.2) is 0 Å². The summed E-state index contributed by atoms with van der Waals surface area (Å²) in [6.07, 6.45) is 0. The van der Waals surface area contributed by atoms with Gasteiger partial charge in [-0.2, -0.15) is 0 Å². The summed E-state index contributed by atoms with van der Waals surface area (Å²) in [6, 6.07) is 0. The van der Waals surface area contributed by atoms with Crippen molar-refractivity contribution in [1.29, 1.82) is 0 Å². The van der Waals surface area contributed by atoms with Crippen LogP contribution in [0.4, 0.5) is 0 Å². The molecule has 52 valence electrons. The van der Waals surface area contributed by atoms with Crippen LogP contribution in [0, 0.1) is 74.6 Å². The van der Waals surface area contributed by atoms with Crippen molar-refractivity contribution < 1.29 is 91.0 Å². The zero-order valence-electron chi connectivity index (χ0n) is 2.70. The van der Waals surface area contributed by atoms with Crippen molar-refractivity contribution in [3.05, 3.63) is 0 Å². The van der Waals surface area contributed by atoms with Crippen molar-refractivity contribution >= 4 is 52.4 Å². The Morgan fingerprint density at radius 3 is 0.429 bits per heavy atom. The first kappa shape index (κ1) is 66.8. The molecular weight excluding hydrogens is 800 g/mol. The SMILES string of the molecule is [Bi+3].[Bi+3].[Er].[Er].[O-2].[O-2].[O-2]. The van der Waals surface area contributed by atoms with E-state index in [9.17, 15) is 0 Å². The van der Waals surface area contributed by atoms with Gasteiger partial charge in [0.25, 0.3) is 0 Å². The molecule has 0 saturated carbocycles. The van der Waals surface area contributed by atoms with Crippen molar-refractivity contribution in [1.82, 2.24) is 0 Å². The molecule has 0 N–H and O–H groups in total. The van der Waals surface area contributed by atoms with Crippen molar-refractivity contribution in [3.63, 3.8) is 0 Å². The Morgan fingerprint density at radius 1 is 0.429 bits per heavy atom. The van der Waals surface area contributed by atoms with Gasteiger partial charge in [0.15, 0.2) is 0 Å². The third kappa shape index (κ3) is 39.2. The summed E-state index contributed by atoms with van der Waals surface area (Å²) < 4.78 is 0. The maximum absolute atomic E-state index is 0. The van der Waals surface area contributed by atoms with Gasteiger partial charge in [0.2, 0.25) is 0 Å². The van der Waals surface area contributed by atoms with Crippen molar-refractivity contribution in [2.45, 2.75) is 0 Å². The minimum absolute atomic E-state index is 0. The number of hydrogen-bond donors (Lipinski definition) is 0. The molecule has 0 atom stereocenters. The van der Waals surface area contributed by atoms with Crippen molar-refractivity contribution in [3.8, 4) is 0 Å². The Hall–Kier alpha value is 4.14. The fourth-order valence-corrected chi connectivity index (χ4v) is 0. The first-order chi connectivity index (χ1) is 0. The second-order valence-corrected chi connectivity index (χ2v) is 0. The van der Waals surface area contributed by atoms with Crippen LogP contribution in [0.1, 0.15) is 0 Å². The van der Waals surface area contributed by atoms with E-state index in [2.05, 4.69) is 0 Å².